The zero-order valence-corrected chi connectivity index (χ0v) is 9.91. The van der Waals surface area contributed by atoms with Crippen molar-refractivity contribution in [3.63, 3.8) is 0 Å². The fourth-order valence-electron chi connectivity index (χ4n) is 1.94. The van der Waals surface area contributed by atoms with E-state index in [-0.39, 0.29) is 25.1 Å². The molecule has 4 heteroatoms. The van der Waals surface area contributed by atoms with Crippen LogP contribution < -0.4 is 0 Å². The van der Waals surface area contributed by atoms with Crippen molar-refractivity contribution in [3.8, 4) is 0 Å². The van der Waals surface area contributed by atoms with Crippen molar-refractivity contribution in [2.24, 2.45) is 0 Å². The van der Waals surface area contributed by atoms with E-state index in [9.17, 15) is 5.11 Å². The average Bonchev–Trinajstić information content (AvgIpc) is 2.80. The third-order valence-corrected chi connectivity index (χ3v) is 2.92. The molecule has 1 saturated heterocycles. The smallest absolute Gasteiger partial charge is 0.160 e. The van der Waals surface area contributed by atoms with E-state index in [1.54, 1.807) is 7.11 Å². The minimum absolute atomic E-state index is 0.0423. The molecular formula is C13H18O4. The third kappa shape index (κ3) is 3.26. The lowest BCUT2D eigenvalue weighted by atomic mass is 10.2. The fraction of sp³-hybridized carbons (Fsp3) is 0.538. The van der Waals surface area contributed by atoms with Crippen LogP contribution in [0.3, 0.4) is 0 Å². The van der Waals surface area contributed by atoms with Gasteiger partial charge in [0.25, 0.3) is 0 Å². The molecule has 1 heterocycles. The summed E-state index contributed by atoms with van der Waals surface area (Å²) in [7, 11) is 1.60. The highest BCUT2D eigenvalue weighted by Gasteiger charge is 2.35. The van der Waals surface area contributed by atoms with Crippen LogP contribution in [-0.2, 0) is 20.8 Å². The summed E-state index contributed by atoms with van der Waals surface area (Å²) in [6, 6.07) is 9.95. The Morgan fingerprint density at radius 1 is 1.35 bits per heavy atom. The Bertz CT molecular complexity index is 327. The van der Waals surface area contributed by atoms with Gasteiger partial charge in [-0.25, -0.2) is 0 Å². The summed E-state index contributed by atoms with van der Waals surface area (Å²) in [6.45, 7) is 0.487. The Morgan fingerprint density at radius 3 is 2.76 bits per heavy atom. The van der Waals surface area contributed by atoms with E-state index in [1.807, 2.05) is 30.3 Å². The van der Waals surface area contributed by atoms with E-state index >= 15 is 0 Å². The molecule has 1 aromatic carbocycles. The summed E-state index contributed by atoms with van der Waals surface area (Å²) in [6.07, 6.45) is -0.00378. The number of rotatable bonds is 5. The predicted octanol–water partition coefficient (Wildman–Crippen LogP) is 1.33. The van der Waals surface area contributed by atoms with Crippen LogP contribution in [0.1, 0.15) is 12.0 Å². The largest absolute Gasteiger partial charge is 0.394 e. The topological polar surface area (TPSA) is 47.9 Å². The second-order valence-electron chi connectivity index (χ2n) is 4.09. The van der Waals surface area contributed by atoms with Crippen molar-refractivity contribution in [1.29, 1.82) is 0 Å². The lowest BCUT2D eigenvalue weighted by Crippen LogP contribution is -2.27. The van der Waals surface area contributed by atoms with Crippen LogP contribution in [-0.4, -0.2) is 37.3 Å². The molecule has 0 aliphatic carbocycles. The zero-order valence-electron chi connectivity index (χ0n) is 9.91. The molecule has 0 radical (unpaired) electrons. The van der Waals surface area contributed by atoms with Gasteiger partial charge >= 0.3 is 0 Å². The molecule has 1 aromatic rings. The molecule has 3 atom stereocenters. The lowest BCUT2D eigenvalue weighted by Gasteiger charge is -2.16. The molecule has 0 amide bonds. The first-order valence-corrected chi connectivity index (χ1v) is 5.78. The van der Waals surface area contributed by atoms with Crippen LogP contribution in [0.2, 0.25) is 0 Å². The maximum atomic E-state index is 9.19. The molecule has 2 rings (SSSR count). The third-order valence-electron chi connectivity index (χ3n) is 2.92. The summed E-state index contributed by atoms with van der Waals surface area (Å²) in [5, 5.41) is 9.19. The monoisotopic (exact) mass is 238 g/mol. The van der Waals surface area contributed by atoms with Gasteiger partial charge in [0.15, 0.2) is 6.29 Å². The number of aliphatic hydroxyl groups excluding tert-OH is 1. The van der Waals surface area contributed by atoms with Gasteiger partial charge in [-0.3, -0.25) is 0 Å². The molecular weight excluding hydrogens is 220 g/mol. The summed E-state index contributed by atoms with van der Waals surface area (Å²) in [5.74, 6) is 0. The number of aliphatic hydroxyl groups is 1. The lowest BCUT2D eigenvalue weighted by molar-refractivity contribution is -0.130. The minimum Gasteiger partial charge on any atom is -0.394 e. The van der Waals surface area contributed by atoms with E-state index in [2.05, 4.69) is 0 Å². The van der Waals surface area contributed by atoms with E-state index in [0.717, 1.165) is 5.56 Å². The molecule has 1 aliphatic rings. The molecule has 0 bridgehead atoms. The van der Waals surface area contributed by atoms with Crippen LogP contribution >= 0.6 is 0 Å². The first kappa shape index (κ1) is 12.5. The van der Waals surface area contributed by atoms with Crippen molar-refractivity contribution in [3.05, 3.63) is 35.9 Å². The molecule has 0 saturated carbocycles. The highest BCUT2D eigenvalue weighted by atomic mass is 16.7. The molecule has 0 spiro atoms. The van der Waals surface area contributed by atoms with Crippen molar-refractivity contribution < 1.29 is 19.3 Å². The Balaban J connectivity index is 1.86. The molecule has 94 valence electrons. The van der Waals surface area contributed by atoms with Crippen molar-refractivity contribution in [1.82, 2.24) is 0 Å². The number of methoxy groups -OCH3 is 1. The molecule has 1 aliphatic heterocycles. The van der Waals surface area contributed by atoms with Gasteiger partial charge in [-0.2, -0.15) is 0 Å². The highest BCUT2D eigenvalue weighted by molar-refractivity contribution is 5.13. The molecule has 17 heavy (non-hydrogen) atoms. The number of ether oxygens (including phenoxy) is 3. The van der Waals surface area contributed by atoms with Gasteiger partial charge < -0.3 is 19.3 Å². The Kier molecular flexibility index (Phi) is 4.50. The quantitative estimate of drug-likeness (QED) is 0.840. The summed E-state index contributed by atoms with van der Waals surface area (Å²) in [5.41, 5.74) is 1.12. The SMILES string of the molecule is CO[C@@H]1C[C@H](OCc2ccccc2)[C@@H](CO)O1. The first-order valence-electron chi connectivity index (χ1n) is 5.78. The van der Waals surface area contributed by atoms with Crippen LogP contribution in [0.5, 0.6) is 0 Å². The van der Waals surface area contributed by atoms with Crippen LogP contribution in [0.15, 0.2) is 30.3 Å². The Morgan fingerprint density at radius 2 is 2.12 bits per heavy atom. The van der Waals surface area contributed by atoms with Crippen molar-refractivity contribution >= 4 is 0 Å². The molecule has 0 aromatic heterocycles. The van der Waals surface area contributed by atoms with Gasteiger partial charge in [0.1, 0.15) is 6.10 Å². The van der Waals surface area contributed by atoms with Crippen molar-refractivity contribution in [2.45, 2.75) is 31.5 Å². The van der Waals surface area contributed by atoms with E-state index in [0.29, 0.717) is 13.0 Å². The summed E-state index contributed by atoms with van der Waals surface area (Å²) < 4.78 is 16.3. The number of benzene rings is 1. The van der Waals surface area contributed by atoms with Gasteiger partial charge in [-0.1, -0.05) is 30.3 Å². The molecule has 1 N–H and O–H groups in total. The standard InChI is InChI=1S/C13H18O4/c1-15-13-7-11(12(8-14)17-13)16-9-10-5-3-2-4-6-10/h2-6,11-14H,7-9H2,1H3/t11-,12+,13-/m0/s1. The van der Waals surface area contributed by atoms with Gasteiger partial charge in [0, 0.05) is 13.5 Å². The maximum Gasteiger partial charge on any atom is 0.160 e. The Labute approximate surface area is 101 Å². The predicted molar refractivity (Wildman–Crippen MR) is 62.4 cm³/mol. The second kappa shape index (κ2) is 6.12. The van der Waals surface area contributed by atoms with Gasteiger partial charge in [-0.05, 0) is 5.56 Å². The number of hydrogen-bond acceptors (Lipinski definition) is 4. The Hall–Kier alpha value is -0.940. The first-order chi connectivity index (χ1) is 8.33. The number of hydrogen-bond donors (Lipinski definition) is 1. The van der Waals surface area contributed by atoms with Crippen LogP contribution in [0, 0.1) is 0 Å². The highest BCUT2D eigenvalue weighted by Crippen LogP contribution is 2.24. The fourth-order valence-corrected chi connectivity index (χ4v) is 1.94. The zero-order chi connectivity index (χ0) is 12.1. The molecule has 4 nitrogen and oxygen atoms in total. The maximum absolute atomic E-state index is 9.19. The van der Waals surface area contributed by atoms with Gasteiger partial charge in [-0.15, -0.1) is 0 Å². The normalized spacial score (nSPS) is 28.5. The summed E-state index contributed by atoms with van der Waals surface area (Å²) in [4.78, 5) is 0. The molecule has 1 fully saturated rings. The van der Waals surface area contributed by atoms with Crippen LogP contribution in [0.4, 0.5) is 0 Å². The van der Waals surface area contributed by atoms with E-state index < -0.39 is 0 Å². The second-order valence-corrected chi connectivity index (χ2v) is 4.09. The van der Waals surface area contributed by atoms with E-state index in [1.165, 1.54) is 0 Å². The van der Waals surface area contributed by atoms with Crippen molar-refractivity contribution in [2.75, 3.05) is 13.7 Å². The average molecular weight is 238 g/mol. The van der Waals surface area contributed by atoms with Gasteiger partial charge in [0.2, 0.25) is 0 Å². The van der Waals surface area contributed by atoms with Crippen LogP contribution in [0.25, 0.3) is 0 Å². The molecule has 0 unspecified atom stereocenters. The minimum atomic E-state index is -0.288. The van der Waals surface area contributed by atoms with E-state index in [4.69, 9.17) is 14.2 Å². The summed E-state index contributed by atoms with van der Waals surface area (Å²) >= 11 is 0. The van der Waals surface area contributed by atoms with Gasteiger partial charge in [0.05, 0.1) is 19.3 Å².